The number of nitrogens with zero attached hydrogens (tertiary/aromatic N) is 1. The number of hydrogen-bond acceptors (Lipinski definition) is 4. The topological polar surface area (TPSA) is 67.0 Å². The average molecular weight is 363 g/mol. The average Bonchev–Trinajstić information content (AvgIpc) is 3.00. The monoisotopic (exact) mass is 363 g/mol. The molecule has 0 radical (unpaired) electrons. The Morgan fingerprint density at radius 1 is 1.28 bits per heavy atom. The summed E-state index contributed by atoms with van der Waals surface area (Å²) < 4.78 is 31.6. The fourth-order valence-electron chi connectivity index (χ4n) is 2.28. The van der Waals surface area contributed by atoms with Gasteiger partial charge in [-0.3, -0.25) is 4.79 Å². The zero-order valence-electron chi connectivity index (χ0n) is 13.3. The maximum absolute atomic E-state index is 13.2. The standard InChI is InChI=1S/C17H15F2N3O2S/c1-24-15-5-3-2-4-10(15)8-20-16(23)9-25-17-21-13-6-11(18)12(19)7-14(13)22-17/h2-7H,8-9H2,1H3,(H,20,23)(H,21,22). The van der Waals surface area contributed by atoms with Crippen LogP contribution in [0.2, 0.25) is 0 Å². The molecule has 0 aliphatic rings. The second-order valence-electron chi connectivity index (χ2n) is 5.20. The van der Waals surface area contributed by atoms with Gasteiger partial charge in [-0.25, -0.2) is 13.8 Å². The summed E-state index contributed by atoms with van der Waals surface area (Å²) in [5.74, 6) is -1.25. The number of para-hydroxylation sites is 1. The van der Waals surface area contributed by atoms with Crippen LogP contribution in [-0.4, -0.2) is 28.7 Å². The minimum atomic E-state index is -0.954. The maximum Gasteiger partial charge on any atom is 0.230 e. The van der Waals surface area contributed by atoms with Crippen LogP contribution in [0.4, 0.5) is 8.78 Å². The summed E-state index contributed by atoms with van der Waals surface area (Å²) in [7, 11) is 1.57. The molecule has 0 atom stereocenters. The number of aromatic nitrogens is 2. The molecule has 0 bridgehead atoms. The molecule has 5 nitrogen and oxygen atoms in total. The number of imidazole rings is 1. The van der Waals surface area contributed by atoms with Crippen molar-refractivity contribution in [1.29, 1.82) is 0 Å². The Hall–Kier alpha value is -2.61. The Kier molecular flexibility index (Phi) is 5.18. The first kappa shape index (κ1) is 17.2. The van der Waals surface area contributed by atoms with Gasteiger partial charge < -0.3 is 15.0 Å². The highest BCUT2D eigenvalue weighted by molar-refractivity contribution is 7.99. The maximum atomic E-state index is 13.2. The number of thioether (sulfide) groups is 1. The van der Waals surface area contributed by atoms with Gasteiger partial charge in [-0.2, -0.15) is 0 Å². The Morgan fingerprint density at radius 3 is 2.84 bits per heavy atom. The van der Waals surface area contributed by atoms with Crippen LogP contribution in [-0.2, 0) is 11.3 Å². The van der Waals surface area contributed by atoms with Crippen molar-refractivity contribution in [2.24, 2.45) is 0 Å². The Morgan fingerprint density at radius 2 is 2.04 bits per heavy atom. The normalized spacial score (nSPS) is 10.8. The van der Waals surface area contributed by atoms with Gasteiger partial charge in [0.05, 0.1) is 23.9 Å². The molecule has 0 aliphatic carbocycles. The molecule has 8 heteroatoms. The molecular weight excluding hydrogens is 348 g/mol. The second kappa shape index (κ2) is 7.52. The lowest BCUT2D eigenvalue weighted by Crippen LogP contribution is -2.24. The van der Waals surface area contributed by atoms with E-state index in [1.54, 1.807) is 7.11 Å². The molecule has 2 aromatic carbocycles. The van der Waals surface area contributed by atoms with Crippen molar-refractivity contribution in [3.63, 3.8) is 0 Å². The van der Waals surface area contributed by atoms with Crippen molar-refractivity contribution in [2.75, 3.05) is 12.9 Å². The van der Waals surface area contributed by atoms with Crippen LogP contribution in [0.15, 0.2) is 41.6 Å². The van der Waals surface area contributed by atoms with Crippen molar-refractivity contribution in [3.8, 4) is 5.75 Å². The van der Waals surface area contributed by atoms with Gasteiger partial charge in [0.1, 0.15) is 5.75 Å². The number of benzene rings is 2. The van der Waals surface area contributed by atoms with Gasteiger partial charge in [0, 0.05) is 24.2 Å². The van der Waals surface area contributed by atoms with Gasteiger partial charge in [-0.15, -0.1) is 0 Å². The molecule has 25 heavy (non-hydrogen) atoms. The zero-order valence-corrected chi connectivity index (χ0v) is 14.1. The molecule has 1 amide bonds. The summed E-state index contributed by atoms with van der Waals surface area (Å²) in [6.07, 6.45) is 0. The van der Waals surface area contributed by atoms with Crippen LogP contribution in [0.25, 0.3) is 11.0 Å². The number of amides is 1. The van der Waals surface area contributed by atoms with Crippen LogP contribution in [0.3, 0.4) is 0 Å². The third-order valence-corrected chi connectivity index (χ3v) is 4.38. The lowest BCUT2D eigenvalue weighted by Gasteiger charge is -2.09. The first-order chi connectivity index (χ1) is 12.1. The lowest BCUT2D eigenvalue weighted by atomic mass is 10.2. The van der Waals surface area contributed by atoms with E-state index in [0.717, 1.165) is 29.5 Å². The number of rotatable bonds is 6. The van der Waals surface area contributed by atoms with E-state index in [4.69, 9.17) is 4.74 Å². The van der Waals surface area contributed by atoms with E-state index >= 15 is 0 Å². The van der Waals surface area contributed by atoms with E-state index in [-0.39, 0.29) is 11.7 Å². The molecule has 0 fully saturated rings. The number of ether oxygens (including phenoxy) is 1. The molecule has 2 N–H and O–H groups in total. The number of aromatic amines is 1. The summed E-state index contributed by atoms with van der Waals surface area (Å²) in [6, 6.07) is 9.48. The number of fused-ring (bicyclic) bond motifs is 1. The number of carbonyl (C=O) groups is 1. The lowest BCUT2D eigenvalue weighted by molar-refractivity contribution is -0.118. The molecule has 0 unspecified atom stereocenters. The summed E-state index contributed by atoms with van der Waals surface area (Å²) in [6.45, 7) is 0.347. The summed E-state index contributed by atoms with van der Waals surface area (Å²) >= 11 is 1.16. The summed E-state index contributed by atoms with van der Waals surface area (Å²) in [5.41, 5.74) is 1.57. The van der Waals surface area contributed by atoms with Crippen LogP contribution in [0.1, 0.15) is 5.56 Å². The number of halogens is 2. The Balaban J connectivity index is 1.57. The van der Waals surface area contributed by atoms with E-state index < -0.39 is 11.6 Å². The van der Waals surface area contributed by atoms with Crippen molar-refractivity contribution in [2.45, 2.75) is 11.7 Å². The minimum absolute atomic E-state index is 0.125. The fraction of sp³-hybridized carbons (Fsp3) is 0.176. The molecule has 0 spiro atoms. The van der Waals surface area contributed by atoms with Crippen molar-refractivity contribution < 1.29 is 18.3 Å². The minimum Gasteiger partial charge on any atom is -0.496 e. The second-order valence-corrected chi connectivity index (χ2v) is 6.17. The molecule has 0 aliphatic heterocycles. The molecule has 0 saturated carbocycles. The number of hydrogen-bond donors (Lipinski definition) is 2. The van der Waals surface area contributed by atoms with Crippen molar-refractivity contribution >= 4 is 28.7 Å². The highest BCUT2D eigenvalue weighted by Crippen LogP contribution is 2.22. The number of H-pyrrole nitrogens is 1. The van der Waals surface area contributed by atoms with Gasteiger partial charge >= 0.3 is 0 Å². The first-order valence-electron chi connectivity index (χ1n) is 7.43. The molecule has 130 valence electrons. The van der Waals surface area contributed by atoms with Gasteiger partial charge in [-0.05, 0) is 6.07 Å². The summed E-state index contributed by atoms with van der Waals surface area (Å²) in [4.78, 5) is 19.0. The SMILES string of the molecule is COc1ccccc1CNC(=O)CSc1nc2cc(F)c(F)cc2[nH]1. The number of carbonyl (C=O) groups excluding carboxylic acids is 1. The largest absolute Gasteiger partial charge is 0.496 e. The van der Waals surface area contributed by atoms with E-state index in [1.165, 1.54) is 0 Å². The van der Waals surface area contributed by atoms with E-state index in [1.807, 2.05) is 24.3 Å². The zero-order chi connectivity index (χ0) is 17.8. The Bertz CT molecular complexity index is 875. The number of nitrogens with one attached hydrogen (secondary N) is 2. The van der Waals surface area contributed by atoms with Crippen molar-refractivity contribution in [1.82, 2.24) is 15.3 Å². The predicted octanol–water partition coefficient (Wildman–Crippen LogP) is 3.26. The van der Waals surface area contributed by atoms with Crippen molar-refractivity contribution in [3.05, 3.63) is 53.6 Å². The third-order valence-electron chi connectivity index (χ3n) is 3.51. The molecular formula is C17H15F2N3O2S. The van der Waals surface area contributed by atoms with Gasteiger partial charge in [0.15, 0.2) is 16.8 Å². The predicted molar refractivity (Wildman–Crippen MR) is 91.6 cm³/mol. The molecule has 0 saturated heterocycles. The molecule has 3 aromatic rings. The van der Waals surface area contributed by atoms with E-state index in [0.29, 0.717) is 28.5 Å². The van der Waals surface area contributed by atoms with Crippen LogP contribution in [0, 0.1) is 11.6 Å². The highest BCUT2D eigenvalue weighted by Gasteiger charge is 2.11. The van der Waals surface area contributed by atoms with E-state index in [2.05, 4.69) is 15.3 Å². The van der Waals surface area contributed by atoms with Gasteiger partial charge in [-0.1, -0.05) is 30.0 Å². The van der Waals surface area contributed by atoms with Gasteiger partial charge in [0.25, 0.3) is 0 Å². The van der Waals surface area contributed by atoms with Crippen LogP contribution < -0.4 is 10.1 Å². The highest BCUT2D eigenvalue weighted by atomic mass is 32.2. The molecule has 3 rings (SSSR count). The number of methoxy groups -OCH3 is 1. The van der Waals surface area contributed by atoms with E-state index in [9.17, 15) is 13.6 Å². The molecule has 1 heterocycles. The quantitative estimate of drug-likeness (QED) is 0.660. The van der Waals surface area contributed by atoms with Gasteiger partial charge in [0.2, 0.25) is 5.91 Å². The third kappa shape index (κ3) is 4.08. The van der Waals surface area contributed by atoms with Crippen LogP contribution in [0.5, 0.6) is 5.75 Å². The van der Waals surface area contributed by atoms with Crippen LogP contribution >= 0.6 is 11.8 Å². The smallest absolute Gasteiger partial charge is 0.230 e. The molecule has 1 aromatic heterocycles. The Labute approximate surface area is 146 Å². The summed E-state index contributed by atoms with van der Waals surface area (Å²) in [5, 5.41) is 3.22. The fourth-order valence-corrected chi connectivity index (χ4v) is 2.99. The first-order valence-corrected chi connectivity index (χ1v) is 8.41.